The minimum absolute atomic E-state index is 0.245. The molecule has 7 heteroatoms. The number of ether oxygens (including phenoxy) is 1. The van der Waals surface area contributed by atoms with E-state index < -0.39 is 35.9 Å². The van der Waals surface area contributed by atoms with Gasteiger partial charge in [-0.05, 0) is 81.5 Å². The summed E-state index contributed by atoms with van der Waals surface area (Å²) in [7, 11) is 0. The summed E-state index contributed by atoms with van der Waals surface area (Å²) in [6.45, 7) is 7.38. The van der Waals surface area contributed by atoms with Crippen LogP contribution < -0.4 is 10.6 Å². The quantitative estimate of drug-likeness (QED) is 0.341. The number of nitrogens with one attached hydrogen (secondary N) is 2. The Kier molecular flexibility index (Phi) is 9.46. The zero-order valence-corrected chi connectivity index (χ0v) is 24.0. The van der Waals surface area contributed by atoms with Gasteiger partial charge in [-0.25, -0.2) is 4.79 Å². The fourth-order valence-corrected chi connectivity index (χ4v) is 5.99. The van der Waals surface area contributed by atoms with Crippen molar-refractivity contribution in [1.29, 1.82) is 0 Å². The first-order chi connectivity index (χ1) is 19.0. The molecular weight excluding hydrogens is 504 g/mol. The molecule has 7 nitrogen and oxygen atoms in total. The van der Waals surface area contributed by atoms with E-state index >= 15 is 0 Å². The summed E-state index contributed by atoms with van der Waals surface area (Å²) in [5.74, 6) is -1.56. The summed E-state index contributed by atoms with van der Waals surface area (Å²) in [5, 5.41) is 18.4. The van der Waals surface area contributed by atoms with E-state index in [4.69, 9.17) is 4.74 Å². The first-order valence-electron chi connectivity index (χ1n) is 14.4. The lowest BCUT2D eigenvalue weighted by Crippen LogP contribution is -2.43. The Balaban J connectivity index is 1.31. The highest BCUT2D eigenvalue weighted by Gasteiger charge is 2.31. The van der Waals surface area contributed by atoms with E-state index in [1.54, 1.807) is 26.8 Å². The van der Waals surface area contributed by atoms with Crippen LogP contribution in [0.15, 0.2) is 66.3 Å². The first kappa shape index (κ1) is 29.5. The molecule has 2 unspecified atom stereocenters. The second-order valence-electron chi connectivity index (χ2n) is 12.2. The number of hydrogen-bond donors (Lipinski definition) is 3. The molecule has 1 fully saturated rings. The largest absolute Gasteiger partial charge is 0.480 e. The summed E-state index contributed by atoms with van der Waals surface area (Å²) >= 11 is 0. The van der Waals surface area contributed by atoms with Crippen molar-refractivity contribution in [3.8, 4) is 0 Å². The third-order valence-electron chi connectivity index (χ3n) is 7.89. The van der Waals surface area contributed by atoms with Gasteiger partial charge in [0.1, 0.15) is 11.6 Å². The third kappa shape index (κ3) is 7.81. The van der Waals surface area contributed by atoms with Crippen LogP contribution in [0.3, 0.4) is 0 Å². The van der Waals surface area contributed by atoms with Crippen LogP contribution in [0.2, 0.25) is 0 Å². The number of allylic oxidation sites excluding steroid dienone is 2. The van der Waals surface area contributed by atoms with Crippen LogP contribution in [0, 0.1) is 11.8 Å². The van der Waals surface area contributed by atoms with E-state index in [9.17, 15) is 19.5 Å². The molecule has 214 valence electrons. The van der Waals surface area contributed by atoms with Crippen molar-refractivity contribution in [3.63, 3.8) is 0 Å². The Morgan fingerprint density at radius 1 is 1.07 bits per heavy atom. The van der Waals surface area contributed by atoms with Gasteiger partial charge in [-0.3, -0.25) is 9.59 Å². The zero-order valence-electron chi connectivity index (χ0n) is 24.0. The number of hydrogen-bond acceptors (Lipinski definition) is 5. The van der Waals surface area contributed by atoms with Crippen LogP contribution in [0.5, 0.6) is 0 Å². The SMILES string of the molecule is C[C@@H](NC1CCC[C@H](C2C=CC(C(=O)N[C@@H](CC(=O)OC(C)(C)C)C(=O)O)=CC2)C1)c1cccc2ccccc12. The second kappa shape index (κ2) is 12.8. The smallest absolute Gasteiger partial charge is 0.326 e. The molecule has 2 aliphatic carbocycles. The third-order valence-corrected chi connectivity index (χ3v) is 7.89. The lowest BCUT2D eigenvalue weighted by atomic mass is 9.74. The van der Waals surface area contributed by atoms with Gasteiger partial charge in [0.2, 0.25) is 0 Å². The number of carboxylic acid groups (broad SMARTS) is 1. The molecule has 0 bridgehead atoms. The lowest BCUT2D eigenvalue weighted by Gasteiger charge is -2.36. The van der Waals surface area contributed by atoms with Crippen molar-refractivity contribution in [2.75, 3.05) is 0 Å². The van der Waals surface area contributed by atoms with Crippen molar-refractivity contribution < 1.29 is 24.2 Å². The van der Waals surface area contributed by atoms with Gasteiger partial charge in [0.05, 0.1) is 6.42 Å². The van der Waals surface area contributed by atoms with Gasteiger partial charge in [-0.1, -0.05) is 67.1 Å². The van der Waals surface area contributed by atoms with E-state index in [1.165, 1.54) is 16.3 Å². The Labute approximate surface area is 237 Å². The average molecular weight is 547 g/mol. The highest BCUT2D eigenvalue weighted by molar-refractivity contribution is 5.99. The molecule has 0 spiro atoms. The van der Waals surface area contributed by atoms with Gasteiger partial charge >= 0.3 is 11.9 Å². The highest BCUT2D eigenvalue weighted by Crippen LogP contribution is 2.36. The molecule has 5 atom stereocenters. The topological polar surface area (TPSA) is 105 Å². The van der Waals surface area contributed by atoms with Gasteiger partial charge < -0.3 is 20.5 Å². The maximum atomic E-state index is 12.8. The number of carbonyl (C=O) groups excluding carboxylic acids is 2. The van der Waals surface area contributed by atoms with Crippen LogP contribution in [0.1, 0.15) is 77.8 Å². The monoisotopic (exact) mass is 546 g/mol. The van der Waals surface area contributed by atoms with Crippen molar-refractivity contribution in [1.82, 2.24) is 10.6 Å². The van der Waals surface area contributed by atoms with Crippen molar-refractivity contribution in [2.45, 2.75) is 89.9 Å². The number of amides is 1. The molecule has 3 N–H and O–H groups in total. The highest BCUT2D eigenvalue weighted by atomic mass is 16.6. The minimum Gasteiger partial charge on any atom is -0.480 e. The number of fused-ring (bicyclic) bond motifs is 1. The van der Waals surface area contributed by atoms with E-state index in [-0.39, 0.29) is 6.04 Å². The Morgan fingerprint density at radius 2 is 1.82 bits per heavy atom. The summed E-state index contributed by atoms with van der Waals surface area (Å²) in [6, 6.07) is 14.3. The van der Waals surface area contributed by atoms with Gasteiger partial charge in [-0.2, -0.15) is 0 Å². The summed E-state index contributed by atoms with van der Waals surface area (Å²) in [4.78, 5) is 36.6. The van der Waals surface area contributed by atoms with E-state index in [2.05, 4.69) is 66.1 Å². The van der Waals surface area contributed by atoms with Gasteiger partial charge in [0, 0.05) is 17.7 Å². The van der Waals surface area contributed by atoms with Crippen LogP contribution in [0.25, 0.3) is 10.8 Å². The molecule has 1 saturated carbocycles. The molecule has 40 heavy (non-hydrogen) atoms. The summed E-state index contributed by atoms with van der Waals surface area (Å²) in [5.41, 5.74) is 1.03. The van der Waals surface area contributed by atoms with E-state index in [1.807, 2.05) is 6.08 Å². The zero-order chi connectivity index (χ0) is 28.9. The minimum atomic E-state index is -1.34. The van der Waals surface area contributed by atoms with Crippen LogP contribution >= 0.6 is 0 Å². The molecule has 1 amide bonds. The molecule has 2 aromatic carbocycles. The Hall–Kier alpha value is -3.45. The summed E-state index contributed by atoms with van der Waals surface area (Å²) < 4.78 is 5.22. The molecule has 0 aromatic heterocycles. The van der Waals surface area contributed by atoms with Crippen LogP contribution in [0.4, 0.5) is 0 Å². The van der Waals surface area contributed by atoms with Crippen molar-refractivity contribution >= 4 is 28.6 Å². The fourth-order valence-electron chi connectivity index (χ4n) is 5.99. The van der Waals surface area contributed by atoms with Crippen LogP contribution in [-0.2, 0) is 19.1 Å². The second-order valence-corrected chi connectivity index (χ2v) is 12.2. The van der Waals surface area contributed by atoms with Gasteiger partial charge in [0.25, 0.3) is 5.91 Å². The van der Waals surface area contributed by atoms with Gasteiger partial charge in [0.15, 0.2) is 0 Å². The molecule has 2 aromatic rings. The van der Waals surface area contributed by atoms with Crippen molar-refractivity contribution in [3.05, 3.63) is 71.8 Å². The van der Waals surface area contributed by atoms with E-state index in [0.29, 0.717) is 23.5 Å². The maximum absolute atomic E-state index is 12.8. The standard InChI is InChI=1S/C33H42N2O5/c1-21(27-14-8-10-23-9-5-6-13-28(23)27)34-26-12-7-11-25(19-26)22-15-17-24(18-16-22)31(37)35-29(32(38)39)20-30(36)40-33(2,3)4/h5-6,8-10,13-15,17-18,21-22,25-26,29,34H,7,11-12,16,19-20H2,1-4H3,(H,35,37)(H,38,39)/t21-,22?,25+,26?,29+/m1/s1. The lowest BCUT2D eigenvalue weighted by molar-refractivity contribution is -0.158. The number of aliphatic carboxylic acids is 1. The molecule has 2 aliphatic rings. The van der Waals surface area contributed by atoms with E-state index in [0.717, 1.165) is 32.1 Å². The molecule has 0 radical (unpaired) electrons. The average Bonchev–Trinajstić information content (AvgIpc) is 2.91. The van der Waals surface area contributed by atoms with Gasteiger partial charge in [-0.15, -0.1) is 0 Å². The maximum Gasteiger partial charge on any atom is 0.326 e. The van der Waals surface area contributed by atoms with Crippen LogP contribution in [-0.4, -0.2) is 40.6 Å². The number of esters is 1. The normalized spacial score (nSPS) is 22.7. The predicted octanol–water partition coefficient (Wildman–Crippen LogP) is 5.85. The predicted molar refractivity (Wildman–Crippen MR) is 157 cm³/mol. The molecule has 0 saturated heterocycles. The number of benzene rings is 2. The Morgan fingerprint density at radius 3 is 2.52 bits per heavy atom. The molecule has 0 heterocycles. The molecular formula is C33H42N2O5. The molecule has 0 aliphatic heterocycles. The summed E-state index contributed by atoms with van der Waals surface area (Å²) in [6.07, 6.45) is 10.6. The molecule has 4 rings (SSSR count). The number of rotatable bonds is 9. The first-order valence-corrected chi connectivity index (χ1v) is 14.4. The number of carboxylic acids is 1. The fraction of sp³-hybridized carbons (Fsp3) is 0.485. The van der Waals surface area contributed by atoms with Crippen molar-refractivity contribution in [2.24, 2.45) is 11.8 Å². The number of carbonyl (C=O) groups is 3. The Bertz CT molecular complexity index is 1290.